The Hall–Kier alpha value is -2.42. The van der Waals surface area contributed by atoms with E-state index < -0.39 is 41.1 Å². The van der Waals surface area contributed by atoms with Gasteiger partial charge in [-0.25, -0.2) is 18.0 Å². The predicted molar refractivity (Wildman–Crippen MR) is 81.8 cm³/mol. The van der Waals surface area contributed by atoms with E-state index in [4.69, 9.17) is 4.74 Å². The molecule has 0 aliphatic carbocycles. The minimum atomic E-state index is -1.71. The Morgan fingerprint density at radius 2 is 1.92 bits per heavy atom. The Kier molecular flexibility index (Phi) is 5.55. The van der Waals surface area contributed by atoms with E-state index in [9.17, 15) is 22.8 Å². The van der Waals surface area contributed by atoms with Crippen LogP contribution in [0.2, 0.25) is 0 Å². The van der Waals surface area contributed by atoms with Crippen LogP contribution in [0.3, 0.4) is 0 Å². The summed E-state index contributed by atoms with van der Waals surface area (Å²) in [6.45, 7) is 1.25. The highest BCUT2D eigenvalue weighted by Gasteiger charge is 2.22. The molecule has 0 unspecified atom stereocenters. The Balaban J connectivity index is 2.05. The monoisotopic (exact) mass is 402 g/mol. The summed E-state index contributed by atoms with van der Waals surface area (Å²) >= 11 is 3.13. The second-order valence-corrected chi connectivity index (χ2v) is 5.57. The van der Waals surface area contributed by atoms with Gasteiger partial charge in [-0.15, -0.1) is 0 Å². The summed E-state index contributed by atoms with van der Waals surface area (Å²) in [6.07, 6.45) is 1.40. The van der Waals surface area contributed by atoms with Gasteiger partial charge in [0.2, 0.25) is 0 Å². The Morgan fingerprint density at radius 3 is 2.58 bits per heavy atom. The van der Waals surface area contributed by atoms with E-state index in [0.717, 1.165) is 6.07 Å². The number of rotatable bonds is 4. The lowest BCUT2D eigenvalue weighted by atomic mass is 10.2. The number of hydrogen-bond acceptors (Lipinski definition) is 4. The molecule has 1 aromatic carbocycles. The molecular weight excluding hydrogens is 393 g/mol. The molecule has 126 valence electrons. The number of carbonyl (C=O) groups is 2. The summed E-state index contributed by atoms with van der Waals surface area (Å²) in [5, 5.41) is 2.02. The number of pyridine rings is 1. The molecule has 1 N–H and O–H groups in total. The van der Waals surface area contributed by atoms with Crippen molar-refractivity contribution >= 4 is 33.5 Å². The molecule has 0 aliphatic heterocycles. The van der Waals surface area contributed by atoms with Crippen LogP contribution in [0.1, 0.15) is 17.3 Å². The van der Waals surface area contributed by atoms with Crippen molar-refractivity contribution in [2.75, 3.05) is 5.32 Å². The third-order valence-electron chi connectivity index (χ3n) is 2.89. The average Bonchev–Trinajstić information content (AvgIpc) is 2.55. The first-order valence-electron chi connectivity index (χ1n) is 6.55. The van der Waals surface area contributed by atoms with Crippen molar-refractivity contribution in [1.29, 1.82) is 0 Å². The molecular formula is C15H10BrF3N2O3. The number of amides is 1. The number of anilines is 1. The van der Waals surface area contributed by atoms with Crippen LogP contribution >= 0.6 is 15.9 Å². The molecule has 2 aromatic rings. The van der Waals surface area contributed by atoms with Crippen molar-refractivity contribution in [3.63, 3.8) is 0 Å². The van der Waals surface area contributed by atoms with E-state index in [-0.39, 0.29) is 5.56 Å². The van der Waals surface area contributed by atoms with Gasteiger partial charge in [-0.05, 0) is 41.1 Å². The Labute approximate surface area is 143 Å². The lowest BCUT2D eigenvalue weighted by Gasteiger charge is -2.14. The third kappa shape index (κ3) is 4.10. The van der Waals surface area contributed by atoms with E-state index in [1.165, 1.54) is 25.4 Å². The Bertz CT molecular complexity index is 802. The third-order valence-corrected chi connectivity index (χ3v) is 3.32. The van der Waals surface area contributed by atoms with Gasteiger partial charge in [-0.3, -0.25) is 9.78 Å². The van der Waals surface area contributed by atoms with Gasteiger partial charge >= 0.3 is 5.97 Å². The quantitative estimate of drug-likeness (QED) is 0.628. The molecule has 5 nitrogen and oxygen atoms in total. The fourth-order valence-electron chi connectivity index (χ4n) is 1.66. The Morgan fingerprint density at radius 1 is 1.21 bits per heavy atom. The second kappa shape index (κ2) is 7.43. The van der Waals surface area contributed by atoms with Crippen molar-refractivity contribution in [2.24, 2.45) is 0 Å². The largest absolute Gasteiger partial charge is 0.449 e. The number of nitrogens with zero attached hydrogens (tertiary/aromatic N) is 1. The minimum absolute atomic E-state index is 0.100. The van der Waals surface area contributed by atoms with Gasteiger partial charge < -0.3 is 10.1 Å². The fraction of sp³-hybridized carbons (Fsp3) is 0.133. The van der Waals surface area contributed by atoms with Gasteiger partial charge in [-0.1, -0.05) is 0 Å². The first kappa shape index (κ1) is 17.9. The van der Waals surface area contributed by atoms with E-state index in [0.29, 0.717) is 10.5 Å². The molecule has 0 spiro atoms. The van der Waals surface area contributed by atoms with Crippen LogP contribution < -0.4 is 5.32 Å². The lowest BCUT2D eigenvalue weighted by molar-refractivity contribution is -0.123. The normalized spacial score (nSPS) is 11.7. The molecule has 1 aromatic heterocycles. The highest BCUT2D eigenvalue weighted by Crippen LogP contribution is 2.20. The highest BCUT2D eigenvalue weighted by molar-refractivity contribution is 9.10. The minimum Gasteiger partial charge on any atom is -0.449 e. The molecule has 1 atom stereocenters. The number of benzene rings is 1. The van der Waals surface area contributed by atoms with Gasteiger partial charge in [0, 0.05) is 16.9 Å². The molecule has 24 heavy (non-hydrogen) atoms. The number of hydrogen-bond donors (Lipinski definition) is 1. The van der Waals surface area contributed by atoms with Crippen molar-refractivity contribution in [2.45, 2.75) is 13.0 Å². The molecule has 0 radical (unpaired) electrons. The summed E-state index contributed by atoms with van der Waals surface area (Å²) in [5.74, 6) is -6.36. The fourth-order valence-corrected chi connectivity index (χ4v) is 2.03. The number of ether oxygens (including phenoxy) is 1. The van der Waals surface area contributed by atoms with Crippen molar-refractivity contribution < 1.29 is 27.5 Å². The molecule has 0 aliphatic rings. The maximum Gasteiger partial charge on any atom is 0.340 e. The SMILES string of the molecule is C[C@@H](OC(=O)c1cncc(Br)c1)C(=O)Nc1ccc(F)c(F)c1F. The molecule has 9 heteroatoms. The van der Waals surface area contributed by atoms with Crippen molar-refractivity contribution in [3.05, 3.63) is 58.1 Å². The van der Waals surface area contributed by atoms with Crippen molar-refractivity contribution in [1.82, 2.24) is 4.98 Å². The first-order chi connectivity index (χ1) is 11.3. The summed E-state index contributed by atoms with van der Waals surface area (Å²) in [6, 6.07) is 2.96. The summed E-state index contributed by atoms with van der Waals surface area (Å²) in [5.41, 5.74) is -0.464. The maximum atomic E-state index is 13.5. The predicted octanol–water partition coefficient (Wildman–Crippen LogP) is 3.45. The zero-order valence-electron chi connectivity index (χ0n) is 12.1. The van der Waals surface area contributed by atoms with Gasteiger partial charge in [0.15, 0.2) is 23.6 Å². The summed E-state index contributed by atoms with van der Waals surface area (Å²) in [4.78, 5) is 27.6. The molecule has 1 heterocycles. The first-order valence-corrected chi connectivity index (χ1v) is 7.34. The van der Waals surface area contributed by atoms with E-state index >= 15 is 0 Å². The number of esters is 1. The standard InChI is InChI=1S/C15H10BrF3N2O3/c1-7(24-15(23)8-4-9(16)6-20-5-8)14(22)21-11-3-2-10(17)12(18)13(11)19/h2-7H,1H3,(H,21,22)/t7-/m1/s1. The number of halogens is 4. The van der Waals surface area contributed by atoms with Gasteiger partial charge in [0.1, 0.15) is 0 Å². The van der Waals surface area contributed by atoms with Crippen LogP contribution in [0, 0.1) is 17.5 Å². The zero-order chi connectivity index (χ0) is 17.9. The molecule has 1 amide bonds. The van der Waals surface area contributed by atoms with Crippen LogP contribution in [0.5, 0.6) is 0 Å². The van der Waals surface area contributed by atoms with Gasteiger partial charge in [-0.2, -0.15) is 0 Å². The van der Waals surface area contributed by atoms with E-state index in [1.54, 1.807) is 0 Å². The van der Waals surface area contributed by atoms with Crippen LogP contribution in [-0.4, -0.2) is 23.0 Å². The van der Waals surface area contributed by atoms with Crippen LogP contribution in [0.25, 0.3) is 0 Å². The van der Waals surface area contributed by atoms with E-state index in [1.807, 2.05) is 5.32 Å². The van der Waals surface area contributed by atoms with E-state index in [2.05, 4.69) is 20.9 Å². The molecule has 0 fully saturated rings. The van der Waals surface area contributed by atoms with Gasteiger partial charge in [0.05, 0.1) is 11.3 Å². The second-order valence-electron chi connectivity index (χ2n) is 4.65. The van der Waals surface area contributed by atoms with Crippen LogP contribution in [0.15, 0.2) is 35.1 Å². The molecule has 0 saturated carbocycles. The number of nitrogens with one attached hydrogen (secondary N) is 1. The van der Waals surface area contributed by atoms with Crippen molar-refractivity contribution in [3.8, 4) is 0 Å². The zero-order valence-corrected chi connectivity index (χ0v) is 13.7. The lowest BCUT2D eigenvalue weighted by Crippen LogP contribution is -2.30. The van der Waals surface area contributed by atoms with Gasteiger partial charge in [0.25, 0.3) is 5.91 Å². The summed E-state index contributed by atoms with van der Waals surface area (Å²) in [7, 11) is 0. The number of carbonyl (C=O) groups excluding carboxylic acids is 2. The van der Waals surface area contributed by atoms with Crippen LogP contribution in [-0.2, 0) is 9.53 Å². The molecule has 2 rings (SSSR count). The molecule has 0 bridgehead atoms. The number of aromatic nitrogens is 1. The molecule has 0 saturated heterocycles. The summed E-state index contributed by atoms with van der Waals surface area (Å²) < 4.78 is 44.9. The smallest absolute Gasteiger partial charge is 0.340 e. The highest BCUT2D eigenvalue weighted by atomic mass is 79.9. The average molecular weight is 403 g/mol. The van der Waals surface area contributed by atoms with Crippen LogP contribution in [0.4, 0.5) is 18.9 Å². The topological polar surface area (TPSA) is 68.3 Å². The maximum absolute atomic E-state index is 13.5.